The first-order chi connectivity index (χ1) is 13.3. The number of rotatable bonds is 5. The fraction of sp³-hybridized carbons (Fsp3) is 0.458. The van der Waals surface area contributed by atoms with Crippen molar-refractivity contribution in [3.05, 3.63) is 71.8 Å². The fourth-order valence-corrected chi connectivity index (χ4v) is 4.83. The molecule has 0 saturated carbocycles. The van der Waals surface area contributed by atoms with Gasteiger partial charge in [-0.15, -0.1) is 0 Å². The third-order valence-corrected chi connectivity index (χ3v) is 6.45. The molecule has 1 atom stereocenters. The van der Waals surface area contributed by atoms with Crippen LogP contribution in [0.4, 0.5) is 0 Å². The van der Waals surface area contributed by atoms with Crippen LogP contribution < -0.4 is 0 Å². The SMILES string of the molecule is N#CC(CCN1CCN2CCCCC2C1)(c1ccccc1)c1ccccc1. The molecule has 0 aromatic heterocycles. The number of hydrogen-bond acceptors (Lipinski definition) is 3. The topological polar surface area (TPSA) is 30.3 Å². The molecule has 0 N–H and O–H groups in total. The lowest BCUT2D eigenvalue weighted by atomic mass is 9.73. The molecule has 2 fully saturated rings. The summed E-state index contributed by atoms with van der Waals surface area (Å²) in [6.07, 6.45) is 4.89. The number of fused-ring (bicyclic) bond motifs is 1. The molecule has 0 bridgehead atoms. The van der Waals surface area contributed by atoms with Crippen molar-refractivity contribution in [2.75, 3.05) is 32.7 Å². The maximum absolute atomic E-state index is 10.3. The third kappa shape index (κ3) is 3.78. The van der Waals surface area contributed by atoms with Gasteiger partial charge in [0.25, 0.3) is 0 Å². The Hall–Kier alpha value is -2.15. The van der Waals surface area contributed by atoms with Crippen LogP contribution in [0.5, 0.6) is 0 Å². The van der Waals surface area contributed by atoms with Crippen molar-refractivity contribution in [3.8, 4) is 6.07 Å². The van der Waals surface area contributed by atoms with E-state index in [4.69, 9.17) is 0 Å². The molecule has 2 heterocycles. The zero-order valence-electron chi connectivity index (χ0n) is 16.1. The Kier molecular flexibility index (Phi) is 5.57. The van der Waals surface area contributed by atoms with E-state index in [1.54, 1.807) is 0 Å². The van der Waals surface area contributed by atoms with Gasteiger partial charge in [-0.25, -0.2) is 0 Å². The maximum atomic E-state index is 10.3. The second-order valence-electron chi connectivity index (χ2n) is 7.99. The highest BCUT2D eigenvalue weighted by Crippen LogP contribution is 2.35. The molecule has 2 aliphatic heterocycles. The first-order valence-electron chi connectivity index (χ1n) is 10.3. The van der Waals surface area contributed by atoms with Gasteiger partial charge in [0.15, 0.2) is 0 Å². The standard InChI is InChI=1S/C24H29N3/c25-20-24(21-9-3-1-4-10-21,22-11-5-2-6-12-22)14-16-26-17-18-27-15-8-7-13-23(27)19-26/h1-6,9-12,23H,7-8,13-19H2. The van der Waals surface area contributed by atoms with E-state index in [0.717, 1.165) is 43.2 Å². The Morgan fingerprint density at radius 3 is 2.19 bits per heavy atom. The molecular formula is C24H29N3. The Morgan fingerprint density at radius 2 is 1.56 bits per heavy atom. The Labute approximate surface area is 163 Å². The van der Waals surface area contributed by atoms with Gasteiger partial charge in [-0.2, -0.15) is 5.26 Å². The Morgan fingerprint density at radius 1 is 0.889 bits per heavy atom. The summed E-state index contributed by atoms with van der Waals surface area (Å²) in [5, 5.41) is 10.3. The van der Waals surface area contributed by atoms with Crippen LogP contribution in [0.1, 0.15) is 36.8 Å². The molecule has 2 aromatic rings. The quantitative estimate of drug-likeness (QED) is 0.807. The Balaban J connectivity index is 1.54. The molecule has 0 amide bonds. The predicted molar refractivity (Wildman–Crippen MR) is 110 cm³/mol. The molecule has 1 unspecified atom stereocenters. The highest BCUT2D eigenvalue weighted by atomic mass is 15.3. The average molecular weight is 360 g/mol. The van der Waals surface area contributed by atoms with Crippen molar-refractivity contribution in [2.24, 2.45) is 0 Å². The van der Waals surface area contributed by atoms with Crippen LogP contribution in [-0.2, 0) is 5.41 Å². The molecule has 3 heteroatoms. The summed E-state index contributed by atoms with van der Waals surface area (Å²) < 4.78 is 0. The molecule has 2 saturated heterocycles. The van der Waals surface area contributed by atoms with E-state index in [2.05, 4.69) is 40.1 Å². The van der Waals surface area contributed by atoms with Crippen LogP contribution >= 0.6 is 0 Å². The molecule has 0 radical (unpaired) electrons. The second-order valence-corrected chi connectivity index (χ2v) is 7.99. The van der Waals surface area contributed by atoms with E-state index in [0.29, 0.717) is 0 Å². The molecule has 0 spiro atoms. The van der Waals surface area contributed by atoms with Gasteiger partial charge in [0.1, 0.15) is 5.41 Å². The van der Waals surface area contributed by atoms with E-state index >= 15 is 0 Å². The van der Waals surface area contributed by atoms with Crippen LogP contribution in [-0.4, -0.2) is 48.6 Å². The second kappa shape index (κ2) is 8.25. The van der Waals surface area contributed by atoms with Crippen molar-refractivity contribution in [2.45, 2.75) is 37.1 Å². The average Bonchev–Trinajstić information content (AvgIpc) is 2.76. The largest absolute Gasteiger partial charge is 0.300 e. The van der Waals surface area contributed by atoms with Gasteiger partial charge in [-0.05, 0) is 36.9 Å². The first-order valence-corrected chi connectivity index (χ1v) is 10.3. The lowest BCUT2D eigenvalue weighted by Crippen LogP contribution is -2.55. The predicted octanol–water partition coefficient (Wildman–Crippen LogP) is 4.06. The molecule has 27 heavy (non-hydrogen) atoms. The highest BCUT2D eigenvalue weighted by molar-refractivity contribution is 5.45. The molecule has 3 nitrogen and oxygen atoms in total. The maximum Gasteiger partial charge on any atom is 0.108 e. The zero-order chi connectivity index (χ0) is 18.5. The molecule has 0 aliphatic carbocycles. The minimum atomic E-state index is -0.577. The molecule has 2 aromatic carbocycles. The van der Waals surface area contributed by atoms with Crippen LogP contribution in [0.3, 0.4) is 0 Å². The number of piperazine rings is 1. The van der Waals surface area contributed by atoms with Crippen LogP contribution in [0.2, 0.25) is 0 Å². The minimum absolute atomic E-state index is 0.577. The van der Waals surface area contributed by atoms with Gasteiger partial charge < -0.3 is 4.90 Å². The van der Waals surface area contributed by atoms with Gasteiger partial charge in [-0.1, -0.05) is 67.1 Å². The van der Waals surface area contributed by atoms with Gasteiger partial charge in [0.2, 0.25) is 0 Å². The van der Waals surface area contributed by atoms with E-state index < -0.39 is 5.41 Å². The first kappa shape index (κ1) is 18.2. The summed E-state index contributed by atoms with van der Waals surface area (Å²) in [6.45, 7) is 5.71. The summed E-state index contributed by atoms with van der Waals surface area (Å²) in [6, 6.07) is 24.1. The van der Waals surface area contributed by atoms with E-state index in [1.807, 2.05) is 36.4 Å². The summed E-state index contributed by atoms with van der Waals surface area (Å²) in [4.78, 5) is 5.26. The monoisotopic (exact) mass is 359 g/mol. The molecule has 140 valence electrons. The third-order valence-electron chi connectivity index (χ3n) is 6.45. The lowest BCUT2D eigenvalue weighted by molar-refractivity contribution is 0.0475. The van der Waals surface area contributed by atoms with Crippen LogP contribution in [0.25, 0.3) is 0 Å². The van der Waals surface area contributed by atoms with Crippen LogP contribution in [0, 0.1) is 11.3 Å². The van der Waals surface area contributed by atoms with Crippen molar-refractivity contribution >= 4 is 0 Å². The number of piperidine rings is 1. The summed E-state index contributed by atoms with van der Waals surface area (Å²) in [5.41, 5.74) is 1.64. The van der Waals surface area contributed by atoms with Gasteiger partial charge >= 0.3 is 0 Å². The summed E-state index contributed by atoms with van der Waals surface area (Å²) >= 11 is 0. The number of benzene rings is 2. The lowest BCUT2D eigenvalue weighted by Gasteiger charge is -2.44. The zero-order valence-corrected chi connectivity index (χ0v) is 16.1. The normalized spacial score (nSPS) is 21.4. The summed E-state index contributed by atoms with van der Waals surface area (Å²) in [7, 11) is 0. The summed E-state index contributed by atoms with van der Waals surface area (Å²) in [5.74, 6) is 0. The van der Waals surface area contributed by atoms with Crippen molar-refractivity contribution < 1.29 is 0 Å². The van der Waals surface area contributed by atoms with Crippen molar-refractivity contribution in [3.63, 3.8) is 0 Å². The van der Waals surface area contributed by atoms with Crippen LogP contribution in [0.15, 0.2) is 60.7 Å². The minimum Gasteiger partial charge on any atom is -0.300 e. The molecule has 4 rings (SSSR count). The number of nitrogens with zero attached hydrogens (tertiary/aromatic N) is 3. The number of nitriles is 1. The van der Waals surface area contributed by atoms with E-state index in [9.17, 15) is 5.26 Å². The highest BCUT2D eigenvalue weighted by Gasteiger charge is 2.36. The smallest absolute Gasteiger partial charge is 0.108 e. The van der Waals surface area contributed by atoms with Crippen molar-refractivity contribution in [1.29, 1.82) is 5.26 Å². The van der Waals surface area contributed by atoms with E-state index in [-0.39, 0.29) is 0 Å². The molecule has 2 aliphatic rings. The van der Waals surface area contributed by atoms with Crippen molar-refractivity contribution in [1.82, 2.24) is 9.80 Å². The van der Waals surface area contributed by atoms with Gasteiger partial charge in [0, 0.05) is 32.2 Å². The number of hydrogen-bond donors (Lipinski definition) is 0. The van der Waals surface area contributed by atoms with E-state index in [1.165, 1.54) is 32.4 Å². The van der Waals surface area contributed by atoms with Gasteiger partial charge in [0.05, 0.1) is 6.07 Å². The fourth-order valence-electron chi connectivity index (χ4n) is 4.83. The van der Waals surface area contributed by atoms with Gasteiger partial charge in [-0.3, -0.25) is 4.90 Å². The Bertz CT molecular complexity index is 726. The molecular weight excluding hydrogens is 330 g/mol.